The van der Waals surface area contributed by atoms with E-state index in [0.29, 0.717) is 6.04 Å². The molecule has 3 rings (SSSR count). The average molecular weight is 386 g/mol. The molecule has 0 fully saturated rings. The fraction of sp³-hybridized carbons (Fsp3) is 0.438. The molecule has 0 saturated heterocycles. The van der Waals surface area contributed by atoms with Crippen molar-refractivity contribution in [1.82, 2.24) is 10.3 Å². The number of hydrogen-bond acceptors (Lipinski definition) is 3. The molecule has 0 spiro atoms. The summed E-state index contributed by atoms with van der Waals surface area (Å²) in [4.78, 5) is 6.25. The molecule has 1 aromatic carbocycles. The highest BCUT2D eigenvalue weighted by Crippen LogP contribution is 2.45. The Morgan fingerprint density at radius 3 is 2.86 bits per heavy atom. The maximum Gasteiger partial charge on any atom is 0.125 e. The Morgan fingerprint density at radius 2 is 2.19 bits per heavy atom. The molecule has 0 saturated carbocycles. The van der Waals surface area contributed by atoms with Gasteiger partial charge in [-0.25, -0.2) is 4.98 Å². The largest absolute Gasteiger partial charge is 0.312 e. The van der Waals surface area contributed by atoms with Gasteiger partial charge in [-0.15, -0.1) is 11.3 Å². The first-order valence-corrected chi connectivity index (χ1v) is 9.01. The van der Waals surface area contributed by atoms with E-state index in [9.17, 15) is 0 Å². The summed E-state index contributed by atoms with van der Waals surface area (Å²) in [5, 5.41) is 5.20. The van der Waals surface area contributed by atoms with Gasteiger partial charge >= 0.3 is 0 Å². The molecule has 1 heterocycles. The van der Waals surface area contributed by atoms with Crippen LogP contribution in [0.25, 0.3) is 10.6 Å². The minimum atomic E-state index is 0.287. The summed E-state index contributed by atoms with van der Waals surface area (Å²) in [5.41, 5.74) is 2.53. The molecule has 2 nitrogen and oxygen atoms in total. The second-order valence-electron chi connectivity index (χ2n) is 6.34. The molecule has 0 aliphatic heterocycles. The summed E-state index contributed by atoms with van der Waals surface area (Å²) < 4.78 is 0.992. The zero-order chi connectivity index (χ0) is 15.2. The van der Waals surface area contributed by atoms with Gasteiger partial charge in [0.2, 0.25) is 0 Å². The smallest absolute Gasteiger partial charge is 0.125 e. The number of aromatic nitrogens is 1. The average Bonchev–Trinajstić information content (AvgIpc) is 2.79. The lowest BCUT2D eigenvalue weighted by Gasteiger charge is -2.34. The van der Waals surface area contributed by atoms with Gasteiger partial charge in [-0.05, 0) is 43.5 Å². The van der Waals surface area contributed by atoms with Crippen LogP contribution in [0.1, 0.15) is 36.9 Å². The van der Waals surface area contributed by atoms with Crippen molar-refractivity contribution >= 4 is 38.9 Å². The minimum absolute atomic E-state index is 0.287. The molecule has 1 aliphatic carbocycles. The van der Waals surface area contributed by atoms with Crippen molar-refractivity contribution in [2.75, 3.05) is 7.05 Å². The van der Waals surface area contributed by atoms with Crippen LogP contribution in [-0.2, 0) is 6.42 Å². The third-order valence-corrected chi connectivity index (χ3v) is 6.01. The number of benzene rings is 1. The number of nitrogens with one attached hydrogen (secondary N) is 1. The summed E-state index contributed by atoms with van der Waals surface area (Å²) in [6.07, 6.45) is 2.18. The number of halogens is 2. The molecule has 2 aromatic rings. The van der Waals surface area contributed by atoms with Gasteiger partial charge in [0, 0.05) is 21.0 Å². The van der Waals surface area contributed by atoms with E-state index in [-0.39, 0.29) is 5.41 Å². The summed E-state index contributed by atoms with van der Waals surface area (Å²) in [6.45, 7) is 4.62. The topological polar surface area (TPSA) is 24.9 Å². The van der Waals surface area contributed by atoms with Crippen LogP contribution in [-0.4, -0.2) is 12.0 Å². The second kappa shape index (κ2) is 5.65. The normalized spacial score (nSPS) is 20.3. The Kier molecular flexibility index (Phi) is 4.17. The zero-order valence-electron chi connectivity index (χ0n) is 12.3. The van der Waals surface area contributed by atoms with E-state index in [0.717, 1.165) is 32.9 Å². The SMILES string of the molecule is CNC1CC(C)(C)Cc2nc(-c3ccc(Br)cc3Cl)sc21. The van der Waals surface area contributed by atoms with Crippen LogP contribution in [0.3, 0.4) is 0 Å². The van der Waals surface area contributed by atoms with Crippen molar-refractivity contribution in [3.8, 4) is 10.6 Å². The standard InChI is InChI=1S/C16H18BrClN2S/c1-16(2)7-12(19-3)14-13(8-16)20-15(21-14)10-5-4-9(17)6-11(10)18/h4-6,12,19H,7-8H2,1-3H3. The number of hydrogen-bond donors (Lipinski definition) is 1. The van der Waals surface area contributed by atoms with E-state index in [1.807, 2.05) is 25.2 Å². The number of rotatable bonds is 2. The number of fused-ring (bicyclic) bond motifs is 1. The van der Waals surface area contributed by atoms with Crippen LogP contribution in [0.5, 0.6) is 0 Å². The van der Waals surface area contributed by atoms with Crippen LogP contribution in [0.2, 0.25) is 5.02 Å². The quantitative estimate of drug-likeness (QED) is 0.742. The van der Waals surface area contributed by atoms with Crippen molar-refractivity contribution in [3.63, 3.8) is 0 Å². The van der Waals surface area contributed by atoms with E-state index in [1.54, 1.807) is 11.3 Å². The summed E-state index contributed by atoms with van der Waals surface area (Å²) >= 11 is 11.6. The van der Waals surface area contributed by atoms with Crippen LogP contribution < -0.4 is 5.32 Å². The molecular weight excluding hydrogens is 368 g/mol. The fourth-order valence-electron chi connectivity index (χ4n) is 2.94. The second-order valence-corrected chi connectivity index (χ2v) is 8.69. The highest BCUT2D eigenvalue weighted by molar-refractivity contribution is 9.10. The number of thiazole rings is 1. The first kappa shape index (κ1) is 15.5. The van der Waals surface area contributed by atoms with Crippen LogP contribution in [0.4, 0.5) is 0 Å². The lowest BCUT2D eigenvalue weighted by Crippen LogP contribution is -2.30. The zero-order valence-corrected chi connectivity index (χ0v) is 15.5. The van der Waals surface area contributed by atoms with Crippen LogP contribution >= 0.6 is 38.9 Å². The minimum Gasteiger partial charge on any atom is -0.312 e. The first-order chi connectivity index (χ1) is 9.89. The molecule has 5 heteroatoms. The van der Waals surface area contributed by atoms with E-state index in [2.05, 4.69) is 35.1 Å². The summed E-state index contributed by atoms with van der Waals surface area (Å²) in [6, 6.07) is 6.37. The van der Waals surface area contributed by atoms with Gasteiger partial charge < -0.3 is 5.32 Å². The molecule has 112 valence electrons. The van der Waals surface area contributed by atoms with E-state index in [1.165, 1.54) is 10.6 Å². The van der Waals surface area contributed by atoms with E-state index in [4.69, 9.17) is 16.6 Å². The van der Waals surface area contributed by atoms with Gasteiger partial charge in [0.1, 0.15) is 5.01 Å². The highest BCUT2D eigenvalue weighted by Gasteiger charge is 2.34. The Hall–Kier alpha value is -0.420. The van der Waals surface area contributed by atoms with Crippen molar-refractivity contribution in [2.24, 2.45) is 5.41 Å². The van der Waals surface area contributed by atoms with Gasteiger partial charge in [0.05, 0.1) is 10.7 Å². The fourth-order valence-corrected chi connectivity index (χ4v) is 4.99. The summed E-state index contributed by atoms with van der Waals surface area (Å²) in [5.74, 6) is 0. The van der Waals surface area contributed by atoms with Gasteiger partial charge in [-0.2, -0.15) is 0 Å². The third-order valence-electron chi connectivity index (χ3n) is 3.96. The molecule has 1 aromatic heterocycles. The summed E-state index contributed by atoms with van der Waals surface area (Å²) in [7, 11) is 2.03. The molecule has 1 unspecified atom stereocenters. The first-order valence-electron chi connectivity index (χ1n) is 7.02. The van der Waals surface area contributed by atoms with Crippen molar-refractivity contribution in [2.45, 2.75) is 32.7 Å². The molecule has 1 aliphatic rings. The molecular formula is C16H18BrClN2S. The monoisotopic (exact) mass is 384 g/mol. The van der Waals surface area contributed by atoms with Gasteiger partial charge in [0.25, 0.3) is 0 Å². The molecule has 1 atom stereocenters. The Balaban J connectivity index is 2.06. The molecule has 0 amide bonds. The Morgan fingerprint density at radius 1 is 1.43 bits per heavy atom. The molecule has 0 radical (unpaired) electrons. The van der Waals surface area contributed by atoms with E-state index >= 15 is 0 Å². The lowest BCUT2D eigenvalue weighted by atomic mass is 9.76. The lowest BCUT2D eigenvalue weighted by molar-refractivity contribution is 0.265. The van der Waals surface area contributed by atoms with Gasteiger partial charge in [-0.3, -0.25) is 0 Å². The number of nitrogens with zero attached hydrogens (tertiary/aromatic N) is 1. The molecule has 0 bridgehead atoms. The Labute approximate surface area is 143 Å². The molecule has 1 N–H and O–H groups in total. The Bertz CT molecular complexity index is 681. The van der Waals surface area contributed by atoms with E-state index < -0.39 is 0 Å². The predicted molar refractivity (Wildman–Crippen MR) is 94.2 cm³/mol. The highest BCUT2D eigenvalue weighted by atomic mass is 79.9. The predicted octanol–water partition coefficient (Wildman–Crippen LogP) is 5.46. The van der Waals surface area contributed by atoms with Crippen LogP contribution in [0, 0.1) is 5.41 Å². The maximum absolute atomic E-state index is 6.37. The van der Waals surface area contributed by atoms with Crippen molar-refractivity contribution in [3.05, 3.63) is 38.3 Å². The molecule has 21 heavy (non-hydrogen) atoms. The van der Waals surface area contributed by atoms with Gasteiger partial charge in [-0.1, -0.05) is 41.4 Å². The third kappa shape index (κ3) is 3.04. The van der Waals surface area contributed by atoms with Gasteiger partial charge in [0.15, 0.2) is 0 Å². The van der Waals surface area contributed by atoms with Crippen molar-refractivity contribution in [1.29, 1.82) is 0 Å². The van der Waals surface area contributed by atoms with Crippen molar-refractivity contribution < 1.29 is 0 Å². The van der Waals surface area contributed by atoms with Crippen LogP contribution in [0.15, 0.2) is 22.7 Å². The maximum atomic E-state index is 6.37.